The number of hydrogen-bond donors (Lipinski definition) is 1. The molecule has 2 saturated carbocycles. The topological polar surface area (TPSA) is 35.8 Å². The first-order chi connectivity index (χ1) is 10.4. The fourth-order valence-electron chi connectivity index (χ4n) is 4.92. The molecular formula is C18H24N2O. The average Bonchev–Trinajstić information content (AvgIpc) is 3.16. The Morgan fingerprint density at radius 2 is 1.71 bits per heavy atom. The third kappa shape index (κ3) is 2.28. The molecule has 3 fully saturated rings. The predicted octanol–water partition coefficient (Wildman–Crippen LogP) is 3.49. The molecule has 1 aromatic carbocycles. The van der Waals surface area contributed by atoms with Crippen molar-refractivity contribution in [2.24, 2.45) is 17.0 Å². The Hall–Kier alpha value is -1.35. The van der Waals surface area contributed by atoms with Crippen molar-refractivity contribution >= 4 is 5.71 Å². The molecule has 0 aromatic heterocycles. The number of likely N-dealkylation sites (tertiary alicyclic amines) is 1. The molecule has 3 atom stereocenters. The van der Waals surface area contributed by atoms with Gasteiger partial charge >= 0.3 is 0 Å². The number of fused-ring (bicyclic) bond motifs is 2. The molecule has 0 spiro atoms. The highest BCUT2D eigenvalue weighted by Crippen LogP contribution is 2.46. The molecule has 1 N–H and O–H groups in total. The third-order valence-corrected chi connectivity index (χ3v) is 5.95. The molecule has 1 heterocycles. The molecule has 1 aromatic rings. The molecule has 3 heteroatoms. The SMILES string of the molecule is O/N=C1\C2CCC(C2)C1N1CCC(c2ccccc2)CC1. The molecule has 0 amide bonds. The number of rotatable bonds is 2. The lowest BCUT2D eigenvalue weighted by Gasteiger charge is -2.39. The predicted molar refractivity (Wildman–Crippen MR) is 83.8 cm³/mol. The van der Waals surface area contributed by atoms with Crippen molar-refractivity contribution in [3.63, 3.8) is 0 Å². The van der Waals surface area contributed by atoms with Crippen molar-refractivity contribution in [1.29, 1.82) is 0 Å². The van der Waals surface area contributed by atoms with Gasteiger partial charge in [-0.2, -0.15) is 0 Å². The Labute approximate surface area is 126 Å². The maximum atomic E-state index is 9.38. The van der Waals surface area contributed by atoms with Gasteiger partial charge in [0, 0.05) is 5.92 Å². The molecule has 4 rings (SSSR count). The highest BCUT2D eigenvalue weighted by Gasteiger charge is 2.48. The fourth-order valence-corrected chi connectivity index (χ4v) is 4.92. The van der Waals surface area contributed by atoms with Crippen LogP contribution in [0.1, 0.15) is 43.6 Å². The monoisotopic (exact) mass is 284 g/mol. The first kappa shape index (κ1) is 13.3. The van der Waals surface area contributed by atoms with E-state index in [0.29, 0.717) is 17.9 Å². The quantitative estimate of drug-likeness (QED) is 0.666. The van der Waals surface area contributed by atoms with Crippen molar-refractivity contribution in [3.05, 3.63) is 35.9 Å². The van der Waals surface area contributed by atoms with Crippen LogP contribution in [0.5, 0.6) is 0 Å². The van der Waals surface area contributed by atoms with Crippen molar-refractivity contribution in [2.45, 2.75) is 44.1 Å². The summed E-state index contributed by atoms with van der Waals surface area (Å²) in [6.07, 6.45) is 6.28. The van der Waals surface area contributed by atoms with Crippen molar-refractivity contribution in [2.75, 3.05) is 13.1 Å². The van der Waals surface area contributed by atoms with E-state index in [1.807, 2.05) is 0 Å². The summed E-state index contributed by atoms with van der Waals surface area (Å²) in [4.78, 5) is 2.60. The Kier molecular flexibility index (Phi) is 3.46. The minimum atomic E-state index is 0.436. The number of piperidine rings is 1. The van der Waals surface area contributed by atoms with E-state index in [1.165, 1.54) is 37.7 Å². The van der Waals surface area contributed by atoms with Crippen LogP contribution in [0, 0.1) is 11.8 Å². The second kappa shape index (κ2) is 5.45. The minimum Gasteiger partial charge on any atom is -0.411 e. The summed E-state index contributed by atoms with van der Waals surface area (Å²) >= 11 is 0. The third-order valence-electron chi connectivity index (χ3n) is 5.95. The summed E-state index contributed by atoms with van der Waals surface area (Å²) in [7, 11) is 0. The van der Waals surface area contributed by atoms with Crippen molar-refractivity contribution in [3.8, 4) is 0 Å². The maximum Gasteiger partial charge on any atom is 0.0775 e. The van der Waals surface area contributed by atoms with Crippen LogP contribution in [0.25, 0.3) is 0 Å². The molecule has 1 aliphatic heterocycles. The van der Waals surface area contributed by atoms with Crippen LogP contribution in [0.15, 0.2) is 35.5 Å². The van der Waals surface area contributed by atoms with E-state index in [1.54, 1.807) is 0 Å². The summed E-state index contributed by atoms with van der Waals surface area (Å²) in [6, 6.07) is 11.3. The van der Waals surface area contributed by atoms with Crippen LogP contribution in [-0.4, -0.2) is 35.0 Å². The fraction of sp³-hybridized carbons (Fsp3) is 0.611. The highest BCUT2D eigenvalue weighted by molar-refractivity contribution is 5.94. The molecule has 2 bridgehead atoms. The Balaban J connectivity index is 1.44. The van der Waals surface area contributed by atoms with E-state index in [9.17, 15) is 5.21 Å². The largest absolute Gasteiger partial charge is 0.411 e. The Morgan fingerprint density at radius 3 is 2.43 bits per heavy atom. The number of benzene rings is 1. The van der Waals surface area contributed by atoms with Gasteiger partial charge in [-0.05, 0) is 62.6 Å². The van der Waals surface area contributed by atoms with Gasteiger partial charge in [0.15, 0.2) is 0 Å². The van der Waals surface area contributed by atoms with Crippen LogP contribution >= 0.6 is 0 Å². The van der Waals surface area contributed by atoms with Crippen LogP contribution < -0.4 is 0 Å². The number of nitrogens with zero attached hydrogens (tertiary/aromatic N) is 2. The van der Waals surface area contributed by atoms with Gasteiger partial charge < -0.3 is 5.21 Å². The van der Waals surface area contributed by atoms with Crippen LogP contribution in [0.4, 0.5) is 0 Å². The Morgan fingerprint density at radius 1 is 0.952 bits per heavy atom. The van der Waals surface area contributed by atoms with Crippen molar-refractivity contribution in [1.82, 2.24) is 4.90 Å². The average molecular weight is 284 g/mol. The van der Waals surface area contributed by atoms with Crippen molar-refractivity contribution < 1.29 is 5.21 Å². The van der Waals surface area contributed by atoms with Gasteiger partial charge in [0.05, 0.1) is 11.8 Å². The van der Waals surface area contributed by atoms with Gasteiger partial charge in [-0.1, -0.05) is 35.5 Å². The normalized spacial score (nSPS) is 35.6. The lowest BCUT2D eigenvalue weighted by atomic mass is 9.86. The van der Waals surface area contributed by atoms with E-state index in [4.69, 9.17) is 0 Å². The molecule has 2 aliphatic carbocycles. The van der Waals surface area contributed by atoms with Crippen LogP contribution in [-0.2, 0) is 0 Å². The van der Waals surface area contributed by atoms with Gasteiger partial charge in [-0.25, -0.2) is 0 Å². The lowest BCUT2D eigenvalue weighted by Crippen LogP contribution is -2.48. The molecule has 1 saturated heterocycles. The summed E-state index contributed by atoms with van der Waals surface area (Å²) in [5.74, 6) is 2.02. The van der Waals surface area contributed by atoms with E-state index < -0.39 is 0 Å². The smallest absolute Gasteiger partial charge is 0.0775 e. The second-order valence-corrected chi connectivity index (χ2v) is 6.96. The van der Waals surface area contributed by atoms with Gasteiger partial charge in [0.1, 0.15) is 0 Å². The maximum absolute atomic E-state index is 9.38. The number of hydrogen-bond acceptors (Lipinski definition) is 3. The summed E-state index contributed by atoms with van der Waals surface area (Å²) in [6.45, 7) is 2.29. The van der Waals surface area contributed by atoms with Crippen LogP contribution in [0.2, 0.25) is 0 Å². The summed E-state index contributed by atoms with van der Waals surface area (Å²) in [5, 5.41) is 13.1. The molecule has 3 nitrogen and oxygen atoms in total. The number of oxime groups is 1. The summed E-state index contributed by atoms with van der Waals surface area (Å²) < 4.78 is 0. The Bertz CT molecular complexity index is 519. The van der Waals surface area contributed by atoms with Gasteiger partial charge in [-0.15, -0.1) is 0 Å². The second-order valence-electron chi connectivity index (χ2n) is 6.96. The minimum absolute atomic E-state index is 0.436. The van der Waals surface area contributed by atoms with E-state index in [-0.39, 0.29) is 0 Å². The molecule has 21 heavy (non-hydrogen) atoms. The van der Waals surface area contributed by atoms with Gasteiger partial charge in [0.25, 0.3) is 0 Å². The standard InChI is InChI=1S/C18H24N2O/c21-19-17-15-6-7-16(12-15)18(17)20-10-8-14(9-11-20)13-4-2-1-3-5-13/h1-5,14-16,18,21H,6-12H2/b19-17+. The molecule has 0 radical (unpaired) electrons. The highest BCUT2D eigenvalue weighted by atomic mass is 16.4. The van der Waals surface area contributed by atoms with Crippen LogP contribution in [0.3, 0.4) is 0 Å². The zero-order valence-electron chi connectivity index (χ0n) is 12.5. The van der Waals surface area contributed by atoms with Gasteiger partial charge in [-0.3, -0.25) is 4.90 Å². The zero-order chi connectivity index (χ0) is 14.2. The molecular weight excluding hydrogens is 260 g/mol. The van der Waals surface area contributed by atoms with Gasteiger partial charge in [0.2, 0.25) is 0 Å². The molecule has 112 valence electrons. The van der Waals surface area contributed by atoms with E-state index in [2.05, 4.69) is 40.4 Å². The molecule has 3 aliphatic rings. The van der Waals surface area contributed by atoms with E-state index >= 15 is 0 Å². The van der Waals surface area contributed by atoms with E-state index in [0.717, 1.165) is 24.7 Å². The zero-order valence-corrected chi connectivity index (χ0v) is 12.5. The molecule has 3 unspecified atom stereocenters. The summed E-state index contributed by atoms with van der Waals surface area (Å²) in [5.41, 5.74) is 2.57. The first-order valence-corrected chi connectivity index (χ1v) is 8.37. The first-order valence-electron chi connectivity index (χ1n) is 8.37. The lowest BCUT2D eigenvalue weighted by molar-refractivity contribution is 0.151.